The molecule has 1 N–H and O–H groups in total. The molecular formula is C17H29N3. The lowest BCUT2D eigenvalue weighted by molar-refractivity contribution is 0.295. The number of aryl methyl sites for hydroxylation is 1. The van der Waals surface area contributed by atoms with E-state index in [2.05, 4.69) is 61.6 Å². The summed E-state index contributed by atoms with van der Waals surface area (Å²) in [5.74, 6) is 0. The summed E-state index contributed by atoms with van der Waals surface area (Å²) in [7, 11) is 0. The fourth-order valence-electron chi connectivity index (χ4n) is 1.96. The van der Waals surface area contributed by atoms with Gasteiger partial charge in [0.15, 0.2) is 0 Å². The van der Waals surface area contributed by atoms with Crippen molar-refractivity contribution in [2.24, 2.45) is 0 Å². The fraction of sp³-hybridized carbons (Fsp3) is 0.588. The van der Waals surface area contributed by atoms with Crippen LogP contribution in [0.4, 0.5) is 0 Å². The molecule has 0 radical (unpaired) electrons. The maximum absolute atomic E-state index is 4.57. The van der Waals surface area contributed by atoms with Crippen LogP contribution >= 0.6 is 0 Å². The van der Waals surface area contributed by atoms with E-state index < -0.39 is 0 Å². The highest BCUT2D eigenvalue weighted by Crippen LogP contribution is 2.06. The summed E-state index contributed by atoms with van der Waals surface area (Å²) in [6.07, 6.45) is 0. The molecule has 20 heavy (non-hydrogen) atoms. The molecule has 1 heterocycles. The Morgan fingerprint density at radius 2 is 2.05 bits per heavy atom. The number of nitrogens with one attached hydrogen (secondary N) is 1. The van der Waals surface area contributed by atoms with Crippen molar-refractivity contribution in [2.75, 3.05) is 19.6 Å². The molecule has 0 aliphatic heterocycles. The van der Waals surface area contributed by atoms with Crippen LogP contribution in [0.3, 0.4) is 0 Å². The van der Waals surface area contributed by atoms with Gasteiger partial charge in [-0.25, -0.2) is 0 Å². The molecule has 0 aromatic carbocycles. The van der Waals surface area contributed by atoms with Crippen LogP contribution in [0.2, 0.25) is 0 Å². The zero-order valence-electron chi connectivity index (χ0n) is 13.7. The Hall–Kier alpha value is -1.19. The molecule has 0 spiro atoms. The third kappa shape index (κ3) is 6.83. The third-order valence-electron chi connectivity index (χ3n) is 3.09. The first-order valence-electron chi connectivity index (χ1n) is 7.36. The molecule has 0 amide bonds. The molecular weight excluding hydrogens is 246 g/mol. The number of hydrogen-bond acceptors (Lipinski definition) is 3. The summed E-state index contributed by atoms with van der Waals surface area (Å²) in [6, 6.07) is 6.19. The van der Waals surface area contributed by atoms with E-state index in [1.54, 1.807) is 0 Å². The van der Waals surface area contributed by atoms with Crippen molar-refractivity contribution in [3.05, 3.63) is 41.7 Å². The molecule has 1 aromatic rings. The Morgan fingerprint density at radius 1 is 1.35 bits per heavy atom. The van der Waals surface area contributed by atoms with E-state index in [1.165, 1.54) is 5.57 Å². The van der Waals surface area contributed by atoms with Gasteiger partial charge in [0.1, 0.15) is 0 Å². The van der Waals surface area contributed by atoms with Crippen LogP contribution < -0.4 is 5.32 Å². The Bertz CT molecular complexity index is 432. The minimum Gasteiger partial charge on any atom is -0.308 e. The van der Waals surface area contributed by atoms with Crippen molar-refractivity contribution in [3.8, 4) is 0 Å². The summed E-state index contributed by atoms with van der Waals surface area (Å²) >= 11 is 0. The summed E-state index contributed by atoms with van der Waals surface area (Å²) in [5.41, 5.74) is 3.56. The SMILES string of the molecule is C=C(CNC(C)(C)C)CN(CC)Cc1cccc(C)n1. The minimum atomic E-state index is 0.137. The van der Waals surface area contributed by atoms with Crippen LogP contribution in [0.25, 0.3) is 0 Å². The van der Waals surface area contributed by atoms with E-state index in [9.17, 15) is 0 Å². The number of pyridine rings is 1. The number of likely N-dealkylation sites (N-methyl/N-ethyl adjacent to an activating group) is 1. The molecule has 1 rings (SSSR count). The maximum atomic E-state index is 4.57. The third-order valence-corrected chi connectivity index (χ3v) is 3.09. The van der Waals surface area contributed by atoms with Gasteiger partial charge in [-0.15, -0.1) is 0 Å². The topological polar surface area (TPSA) is 28.2 Å². The Kier molecular flexibility index (Phi) is 6.37. The summed E-state index contributed by atoms with van der Waals surface area (Å²) in [6.45, 7) is 18.6. The minimum absolute atomic E-state index is 0.137. The number of aromatic nitrogens is 1. The second-order valence-corrected chi connectivity index (χ2v) is 6.43. The molecule has 0 fully saturated rings. The van der Waals surface area contributed by atoms with Crippen LogP contribution in [0.1, 0.15) is 39.1 Å². The molecule has 0 atom stereocenters. The monoisotopic (exact) mass is 275 g/mol. The molecule has 112 valence electrons. The van der Waals surface area contributed by atoms with Crippen molar-refractivity contribution < 1.29 is 0 Å². The van der Waals surface area contributed by atoms with Gasteiger partial charge in [-0.1, -0.05) is 19.6 Å². The quantitative estimate of drug-likeness (QED) is 0.775. The van der Waals surface area contributed by atoms with Gasteiger partial charge in [-0.2, -0.15) is 0 Å². The second-order valence-electron chi connectivity index (χ2n) is 6.43. The van der Waals surface area contributed by atoms with Crippen molar-refractivity contribution in [1.29, 1.82) is 0 Å². The highest BCUT2D eigenvalue weighted by Gasteiger charge is 2.11. The fourth-order valence-corrected chi connectivity index (χ4v) is 1.96. The van der Waals surface area contributed by atoms with Crippen LogP contribution in [-0.2, 0) is 6.54 Å². The smallest absolute Gasteiger partial charge is 0.0547 e. The lowest BCUT2D eigenvalue weighted by Crippen LogP contribution is -2.38. The predicted octanol–water partition coefficient (Wildman–Crippen LogP) is 3.16. The van der Waals surface area contributed by atoms with Crippen molar-refractivity contribution in [3.63, 3.8) is 0 Å². The molecule has 3 nitrogen and oxygen atoms in total. The zero-order valence-corrected chi connectivity index (χ0v) is 13.7. The van der Waals surface area contributed by atoms with E-state index in [4.69, 9.17) is 0 Å². The van der Waals surface area contributed by atoms with Crippen LogP contribution in [-0.4, -0.2) is 35.1 Å². The molecule has 0 unspecified atom stereocenters. The van der Waals surface area contributed by atoms with Gasteiger partial charge < -0.3 is 5.32 Å². The van der Waals surface area contributed by atoms with Crippen LogP contribution in [0.5, 0.6) is 0 Å². The summed E-state index contributed by atoms with van der Waals surface area (Å²) < 4.78 is 0. The van der Waals surface area contributed by atoms with Gasteiger partial charge in [-0.05, 0) is 51.9 Å². The predicted molar refractivity (Wildman–Crippen MR) is 86.8 cm³/mol. The standard InChI is InChI=1S/C17H29N3/c1-7-20(12-14(2)11-18-17(4,5)6)13-16-10-8-9-15(3)19-16/h8-10,18H,2,7,11-13H2,1,3-6H3. The lowest BCUT2D eigenvalue weighted by atomic mass is 10.1. The Morgan fingerprint density at radius 3 is 2.60 bits per heavy atom. The van der Waals surface area contributed by atoms with E-state index in [1.807, 2.05) is 13.0 Å². The zero-order chi connectivity index (χ0) is 15.2. The first-order chi connectivity index (χ1) is 9.30. The van der Waals surface area contributed by atoms with Crippen LogP contribution in [0.15, 0.2) is 30.4 Å². The molecule has 3 heteroatoms. The van der Waals surface area contributed by atoms with Crippen molar-refractivity contribution in [1.82, 2.24) is 15.2 Å². The van der Waals surface area contributed by atoms with E-state index in [0.29, 0.717) is 0 Å². The van der Waals surface area contributed by atoms with Gasteiger partial charge in [0.2, 0.25) is 0 Å². The molecule has 0 saturated carbocycles. The number of hydrogen-bond donors (Lipinski definition) is 1. The summed E-state index contributed by atoms with van der Waals surface area (Å²) in [4.78, 5) is 6.94. The molecule has 1 aromatic heterocycles. The van der Waals surface area contributed by atoms with Crippen LogP contribution in [0, 0.1) is 6.92 Å². The Labute approximate surface area is 124 Å². The highest BCUT2D eigenvalue weighted by atomic mass is 15.1. The molecule has 0 saturated heterocycles. The average Bonchev–Trinajstić information content (AvgIpc) is 2.35. The summed E-state index contributed by atoms with van der Waals surface area (Å²) in [5, 5.41) is 3.48. The van der Waals surface area contributed by atoms with E-state index in [0.717, 1.165) is 37.6 Å². The number of nitrogens with zero attached hydrogens (tertiary/aromatic N) is 2. The molecule has 0 bridgehead atoms. The molecule has 0 aliphatic rings. The molecule has 0 aliphatic carbocycles. The van der Waals surface area contributed by atoms with Gasteiger partial charge in [0.25, 0.3) is 0 Å². The van der Waals surface area contributed by atoms with Gasteiger partial charge in [0, 0.05) is 30.9 Å². The second kappa shape index (κ2) is 7.55. The van der Waals surface area contributed by atoms with Gasteiger partial charge >= 0.3 is 0 Å². The Balaban J connectivity index is 2.49. The first kappa shape index (κ1) is 16.9. The maximum Gasteiger partial charge on any atom is 0.0547 e. The van der Waals surface area contributed by atoms with Crippen molar-refractivity contribution in [2.45, 2.75) is 46.7 Å². The van der Waals surface area contributed by atoms with E-state index >= 15 is 0 Å². The first-order valence-corrected chi connectivity index (χ1v) is 7.36. The van der Waals surface area contributed by atoms with Gasteiger partial charge in [0.05, 0.1) is 5.69 Å². The largest absolute Gasteiger partial charge is 0.308 e. The van der Waals surface area contributed by atoms with Gasteiger partial charge in [-0.3, -0.25) is 9.88 Å². The normalized spacial score (nSPS) is 11.9. The lowest BCUT2D eigenvalue weighted by Gasteiger charge is -2.25. The number of rotatable bonds is 7. The van der Waals surface area contributed by atoms with E-state index in [-0.39, 0.29) is 5.54 Å². The van der Waals surface area contributed by atoms with Crippen molar-refractivity contribution >= 4 is 0 Å². The average molecular weight is 275 g/mol. The highest BCUT2D eigenvalue weighted by molar-refractivity contribution is 5.10.